The molecule has 0 aliphatic rings. The average molecular weight is 169 g/mol. The van der Waals surface area contributed by atoms with E-state index in [-0.39, 0.29) is 0 Å². The second kappa shape index (κ2) is 3.77. The summed E-state index contributed by atoms with van der Waals surface area (Å²) >= 11 is 5.97. The first kappa shape index (κ1) is 8.61. The van der Waals surface area contributed by atoms with E-state index in [0.717, 1.165) is 11.4 Å². The summed E-state index contributed by atoms with van der Waals surface area (Å²) in [7, 11) is 0. The molecular weight excluding hydrogens is 156 g/mol. The molecule has 0 aromatic heterocycles. The first-order valence-electron chi connectivity index (χ1n) is 3.93. The first-order valence-corrected chi connectivity index (χ1v) is 4.31. The second-order valence-electron chi connectivity index (χ2n) is 3.19. The lowest BCUT2D eigenvalue weighted by Gasteiger charge is -2.05. The largest absolute Gasteiger partial charge is 0.0840 e. The van der Waals surface area contributed by atoms with Gasteiger partial charge in [0.15, 0.2) is 0 Å². The van der Waals surface area contributed by atoms with Crippen LogP contribution in [0.15, 0.2) is 24.3 Å². The van der Waals surface area contributed by atoms with Crippen LogP contribution in [-0.4, -0.2) is 0 Å². The lowest BCUT2D eigenvalue weighted by atomic mass is 10.0. The van der Waals surface area contributed by atoms with E-state index < -0.39 is 0 Å². The Morgan fingerprint density at radius 1 is 1.27 bits per heavy atom. The van der Waals surface area contributed by atoms with Crippen LogP contribution in [0, 0.1) is 5.92 Å². The Hall–Kier alpha value is -0.490. The highest BCUT2D eigenvalue weighted by atomic mass is 35.5. The zero-order chi connectivity index (χ0) is 8.27. The SMILES string of the molecule is CC(C)Cc1ccccc1Cl. The van der Waals surface area contributed by atoms with Gasteiger partial charge in [-0.15, -0.1) is 0 Å². The predicted octanol–water partition coefficient (Wildman–Crippen LogP) is 3.54. The lowest BCUT2D eigenvalue weighted by Crippen LogP contribution is -1.93. The van der Waals surface area contributed by atoms with Crippen molar-refractivity contribution in [2.45, 2.75) is 20.3 Å². The van der Waals surface area contributed by atoms with Gasteiger partial charge in [0, 0.05) is 5.02 Å². The number of rotatable bonds is 2. The minimum atomic E-state index is 0.676. The molecule has 0 amide bonds. The van der Waals surface area contributed by atoms with Crippen molar-refractivity contribution >= 4 is 11.6 Å². The van der Waals surface area contributed by atoms with E-state index in [2.05, 4.69) is 19.9 Å². The third kappa shape index (κ3) is 2.55. The van der Waals surface area contributed by atoms with Gasteiger partial charge in [0.05, 0.1) is 0 Å². The van der Waals surface area contributed by atoms with Crippen LogP contribution in [0.2, 0.25) is 5.02 Å². The molecule has 0 N–H and O–H groups in total. The van der Waals surface area contributed by atoms with Crippen molar-refractivity contribution in [3.63, 3.8) is 0 Å². The normalized spacial score (nSPS) is 10.5. The van der Waals surface area contributed by atoms with Gasteiger partial charge in [0.1, 0.15) is 0 Å². The summed E-state index contributed by atoms with van der Waals surface area (Å²) < 4.78 is 0. The van der Waals surface area contributed by atoms with Crippen LogP contribution in [0.1, 0.15) is 19.4 Å². The highest BCUT2D eigenvalue weighted by molar-refractivity contribution is 6.31. The fourth-order valence-corrected chi connectivity index (χ4v) is 1.32. The van der Waals surface area contributed by atoms with Crippen LogP contribution in [0.3, 0.4) is 0 Å². The fraction of sp³-hybridized carbons (Fsp3) is 0.400. The molecular formula is C10H13Cl. The molecule has 1 aromatic rings. The van der Waals surface area contributed by atoms with Crippen molar-refractivity contribution in [1.82, 2.24) is 0 Å². The Labute approximate surface area is 73.2 Å². The van der Waals surface area contributed by atoms with Gasteiger partial charge in [-0.05, 0) is 24.0 Å². The van der Waals surface area contributed by atoms with E-state index in [0.29, 0.717) is 5.92 Å². The first-order chi connectivity index (χ1) is 5.20. The van der Waals surface area contributed by atoms with Gasteiger partial charge in [-0.3, -0.25) is 0 Å². The van der Waals surface area contributed by atoms with Crippen LogP contribution >= 0.6 is 11.6 Å². The predicted molar refractivity (Wildman–Crippen MR) is 50.0 cm³/mol. The van der Waals surface area contributed by atoms with Crippen LogP contribution < -0.4 is 0 Å². The van der Waals surface area contributed by atoms with Gasteiger partial charge in [-0.25, -0.2) is 0 Å². The number of halogens is 1. The fourth-order valence-electron chi connectivity index (χ4n) is 1.10. The molecule has 0 unspecified atom stereocenters. The zero-order valence-corrected chi connectivity index (χ0v) is 7.73. The quantitative estimate of drug-likeness (QED) is 0.634. The van der Waals surface area contributed by atoms with Gasteiger partial charge >= 0.3 is 0 Å². The molecule has 0 saturated carbocycles. The molecule has 0 spiro atoms. The van der Waals surface area contributed by atoms with Crippen LogP contribution in [-0.2, 0) is 6.42 Å². The lowest BCUT2D eigenvalue weighted by molar-refractivity contribution is 0.647. The van der Waals surface area contributed by atoms with Gasteiger partial charge in [0.2, 0.25) is 0 Å². The van der Waals surface area contributed by atoms with E-state index in [1.54, 1.807) is 0 Å². The van der Waals surface area contributed by atoms with Crippen LogP contribution in [0.5, 0.6) is 0 Å². The molecule has 1 rings (SSSR count). The standard InChI is InChI=1S/C10H13Cl/c1-8(2)7-9-5-3-4-6-10(9)11/h3-6,8H,7H2,1-2H3. The second-order valence-corrected chi connectivity index (χ2v) is 3.60. The molecule has 0 saturated heterocycles. The summed E-state index contributed by atoms with van der Waals surface area (Å²) in [5.41, 5.74) is 1.25. The zero-order valence-electron chi connectivity index (χ0n) is 6.97. The van der Waals surface area contributed by atoms with Crippen molar-refractivity contribution in [2.75, 3.05) is 0 Å². The van der Waals surface area contributed by atoms with E-state index >= 15 is 0 Å². The molecule has 0 nitrogen and oxygen atoms in total. The molecule has 0 heterocycles. The van der Waals surface area contributed by atoms with Crippen molar-refractivity contribution in [3.8, 4) is 0 Å². The maximum atomic E-state index is 5.97. The Morgan fingerprint density at radius 3 is 2.45 bits per heavy atom. The molecule has 0 aliphatic heterocycles. The summed E-state index contributed by atoms with van der Waals surface area (Å²) in [6, 6.07) is 8.03. The summed E-state index contributed by atoms with van der Waals surface area (Å²) in [6.07, 6.45) is 1.07. The molecule has 1 heteroatoms. The van der Waals surface area contributed by atoms with E-state index in [4.69, 9.17) is 11.6 Å². The molecule has 0 bridgehead atoms. The van der Waals surface area contributed by atoms with Crippen molar-refractivity contribution < 1.29 is 0 Å². The minimum Gasteiger partial charge on any atom is -0.0840 e. The van der Waals surface area contributed by atoms with Gasteiger partial charge in [-0.2, -0.15) is 0 Å². The smallest absolute Gasteiger partial charge is 0.0438 e. The minimum absolute atomic E-state index is 0.676. The Morgan fingerprint density at radius 2 is 1.91 bits per heavy atom. The Balaban J connectivity index is 2.78. The van der Waals surface area contributed by atoms with Crippen molar-refractivity contribution in [2.24, 2.45) is 5.92 Å². The Kier molecular flexibility index (Phi) is 2.95. The maximum absolute atomic E-state index is 5.97. The van der Waals surface area contributed by atoms with Crippen LogP contribution in [0.4, 0.5) is 0 Å². The number of hydrogen-bond acceptors (Lipinski definition) is 0. The van der Waals surface area contributed by atoms with E-state index in [1.807, 2.05) is 18.2 Å². The number of benzene rings is 1. The highest BCUT2D eigenvalue weighted by Crippen LogP contribution is 2.17. The topological polar surface area (TPSA) is 0 Å². The third-order valence-electron chi connectivity index (χ3n) is 1.59. The molecule has 11 heavy (non-hydrogen) atoms. The van der Waals surface area contributed by atoms with E-state index in [1.165, 1.54) is 5.56 Å². The summed E-state index contributed by atoms with van der Waals surface area (Å²) in [4.78, 5) is 0. The third-order valence-corrected chi connectivity index (χ3v) is 1.95. The Bertz CT molecular complexity index is 228. The monoisotopic (exact) mass is 168 g/mol. The van der Waals surface area contributed by atoms with Gasteiger partial charge in [-0.1, -0.05) is 43.6 Å². The number of hydrogen-bond donors (Lipinski definition) is 0. The molecule has 0 fully saturated rings. The molecule has 1 aromatic carbocycles. The summed E-state index contributed by atoms with van der Waals surface area (Å²) in [5, 5.41) is 0.890. The average Bonchev–Trinajstić information content (AvgIpc) is 1.93. The maximum Gasteiger partial charge on any atom is 0.0438 e. The van der Waals surface area contributed by atoms with Gasteiger partial charge in [0.25, 0.3) is 0 Å². The summed E-state index contributed by atoms with van der Waals surface area (Å²) in [5.74, 6) is 0.676. The van der Waals surface area contributed by atoms with Crippen LogP contribution in [0.25, 0.3) is 0 Å². The van der Waals surface area contributed by atoms with Gasteiger partial charge < -0.3 is 0 Å². The summed E-state index contributed by atoms with van der Waals surface area (Å²) in [6.45, 7) is 4.40. The molecule has 0 atom stereocenters. The van der Waals surface area contributed by atoms with Crippen molar-refractivity contribution in [1.29, 1.82) is 0 Å². The molecule has 0 aliphatic carbocycles. The molecule has 60 valence electrons. The van der Waals surface area contributed by atoms with Crippen molar-refractivity contribution in [3.05, 3.63) is 34.9 Å². The highest BCUT2D eigenvalue weighted by Gasteiger charge is 2.00. The molecule has 0 radical (unpaired) electrons. The van der Waals surface area contributed by atoms with E-state index in [9.17, 15) is 0 Å².